The standard InChI is InChI=1S/C19H23N5OS/c1-13-5-4-8-23(9-13)10-15-12-26-19(20-15)22-18(25)16-11-24-14(2)6-3-7-17(24)21-16/h3,6-7,11-13H,4-5,8-10H2,1-2H3,(H,20,22,25). The molecular formula is C19H23N5OS. The van der Waals surface area contributed by atoms with Gasteiger partial charge in [-0.05, 0) is 44.4 Å². The molecule has 1 aliphatic heterocycles. The summed E-state index contributed by atoms with van der Waals surface area (Å²) in [6.45, 7) is 7.40. The molecule has 3 aromatic heterocycles. The van der Waals surface area contributed by atoms with Crippen molar-refractivity contribution in [3.8, 4) is 0 Å². The Balaban J connectivity index is 1.43. The minimum atomic E-state index is -0.222. The first-order valence-electron chi connectivity index (χ1n) is 9.01. The molecule has 1 fully saturated rings. The minimum absolute atomic E-state index is 0.222. The van der Waals surface area contributed by atoms with Crippen LogP contribution in [0, 0.1) is 12.8 Å². The summed E-state index contributed by atoms with van der Waals surface area (Å²) in [5.41, 5.74) is 3.24. The summed E-state index contributed by atoms with van der Waals surface area (Å²) in [5.74, 6) is 0.528. The summed E-state index contributed by atoms with van der Waals surface area (Å²) in [4.78, 5) is 23.9. The van der Waals surface area contributed by atoms with Gasteiger partial charge in [0, 0.05) is 30.4 Å². The number of thiazole rings is 1. The highest BCUT2D eigenvalue weighted by Gasteiger charge is 2.18. The van der Waals surface area contributed by atoms with Crippen LogP contribution in [-0.4, -0.2) is 38.3 Å². The molecule has 3 aromatic rings. The van der Waals surface area contributed by atoms with Crippen molar-refractivity contribution in [1.82, 2.24) is 19.3 Å². The Bertz CT molecular complexity index is 931. The summed E-state index contributed by atoms with van der Waals surface area (Å²) >= 11 is 1.47. The van der Waals surface area contributed by atoms with Crippen LogP contribution in [0.2, 0.25) is 0 Å². The van der Waals surface area contributed by atoms with Crippen molar-refractivity contribution in [1.29, 1.82) is 0 Å². The van der Waals surface area contributed by atoms with Crippen LogP contribution in [0.3, 0.4) is 0 Å². The fourth-order valence-electron chi connectivity index (χ4n) is 3.52. The second-order valence-electron chi connectivity index (χ2n) is 7.10. The third kappa shape index (κ3) is 3.64. The zero-order valence-corrected chi connectivity index (χ0v) is 15.9. The molecule has 1 amide bonds. The van der Waals surface area contributed by atoms with Crippen LogP contribution in [0.15, 0.2) is 29.8 Å². The Labute approximate surface area is 156 Å². The molecule has 1 atom stereocenters. The number of hydrogen-bond donors (Lipinski definition) is 1. The quantitative estimate of drug-likeness (QED) is 0.763. The zero-order valence-electron chi connectivity index (χ0n) is 15.1. The minimum Gasteiger partial charge on any atom is -0.304 e. The lowest BCUT2D eigenvalue weighted by molar-refractivity contribution is 0.102. The van der Waals surface area contributed by atoms with E-state index in [4.69, 9.17) is 0 Å². The Kier molecular flexibility index (Phi) is 4.74. The van der Waals surface area contributed by atoms with Gasteiger partial charge in [0.1, 0.15) is 11.3 Å². The summed E-state index contributed by atoms with van der Waals surface area (Å²) < 4.78 is 1.92. The molecule has 0 radical (unpaired) electrons. The number of piperidine rings is 1. The number of carbonyl (C=O) groups excluding carboxylic acids is 1. The number of aryl methyl sites for hydroxylation is 1. The Morgan fingerprint density at radius 3 is 3.08 bits per heavy atom. The molecule has 1 N–H and O–H groups in total. The maximum atomic E-state index is 12.5. The largest absolute Gasteiger partial charge is 0.304 e. The number of likely N-dealkylation sites (tertiary alicyclic amines) is 1. The predicted octanol–water partition coefficient (Wildman–Crippen LogP) is 3.58. The van der Waals surface area contributed by atoms with Gasteiger partial charge >= 0.3 is 0 Å². The van der Waals surface area contributed by atoms with Crippen molar-refractivity contribution in [3.05, 3.63) is 46.9 Å². The number of rotatable bonds is 4. The van der Waals surface area contributed by atoms with Crippen molar-refractivity contribution < 1.29 is 4.79 Å². The van der Waals surface area contributed by atoms with Crippen molar-refractivity contribution in [2.45, 2.75) is 33.2 Å². The first-order valence-corrected chi connectivity index (χ1v) is 9.89. The molecule has 7 heteroatoms. The SMILES string of the molecule is Cc1cccc2nc(C(=O)Nc3nc(CN4CCCC(C)C4)cs3)cn12. The number of fused-ring (bicyclic) bond motifs is 1. The number of amides is 1. The van der Waals surface area contributed by atoms with E-state index in [-0.39, 0.29) is 5.91 Å². The number of nitrogens with one attached hydrogen (secondary N) is 1. The average Bonchev–Trinajstić information content (AvgIpc) is 3.22. The zero-order chi connectivity index (χ0) is 18.1. The van der Waals surface area contributed by atoms with E-state index in [0.717, 1.165) is 42.6 Å². The van der Waals surface area contributed by atoms with Gasteiger partial charge in [0.2, 0.25) is 0 Å². The van der Waals surface area contributed by atoms with E-state index in [1.54, 1.807) is 6.20 Å². The molecule has 1 unspecified atom stereocenters. The van der Waals surface area contributed by atoms with Crippen LogP contribution in [0.4, 0.5) is 5.13 Å². The third-order valence-electron chi connectivity index (χ3n) is 4.83. The van der Waals surface area contributed by atoms with Crippen LogP contribution in [0.1, 0.15) is 41.6 Å². The number of nitrogens with zero attached hydrogens (tertiary/aromatic N) is 4. The third-order valence-corrected chi connectivity index (χ3v) is 5.63. The van der Waals surface area contributed by atoms with Crippen molar-refractivity contribution in [3.63, 3.8) is 0 Å². The monoisotopic (exact) mass is 369 g/mol. The van der Waals surface area contributed by atoms with Gasteiger partial charge in [-0.1, -0.05) is 13.0 Å². The van der Waals surface area contributed by atoms with Gasteiger partial charge < -0.3 is 4.40 Å². The van der Waals surface area contributed by atoms with Gasteiger partial charge in [-0.3, -0.25) is 15.0 Å². The molecule has 1 aliphatic rings. The lowest BCUT2D eigenvalue weighted by atomic mass is 10.0. The molecule has 4 rings (SSSR count). The summed E-state index contributed by atoms with van der Waals surface area (Å²) in [6, 6.07) is 5.82. The maximum absolute atomic E-state index is 12.5. The first-order chi connectivity index (χ1) is 12.6. The predicted molar refractivity (Wildman–Crippen MR) is 104 cm³/mol. The summed E-state index contributed by atoms with van der Waals surface area (Å²) in [7, 11) is 0. The van der Waals surface area contributed by atoms with Crippen molar-refractivity contribution in [2.75, 3.05) is 18.4 Å². The van der Waals surface area contributed by atoms with E-state index in [0.29, 0.717) is 10.8 Å². The van der Waals surface area contributed by atoms with Gasteiger partial charge in [0.05, 0.1) is 5.69 Å². The highest BCUT2D eigenvalue weighted by Crippen LogP contribution is 2.21. The molecular weight excluding hydrogens is 346 g/mol. The molecule has 0 saturated carbocycles. The van der Waals surface area contributed by atoms with Gasteiger partial charge in [-0.2, -0.15) is 0 Å². The molecule has 6 nitrogen and oxygen atoms in total. The second kappa shape index (κ2) is 7.17. The van der Waals surface area contributed by atoms with E-state index in [2.05, 4.69) is 27.1 Å². The summed E-state index contributed by atoms with van der Waals surface area (Å²) in [6.07, 6.45) is 4.33. The lowest BCUT2D eigenvalue weighted by Gasteiger charge is -2.30. The Hall–Kier alpha value is -2.25. The van der Waals surface area contributed by atoms with E-state index in [9.17, 15) is 4.79 Å². The number of hydrogen-bond acceptors (Lipinski definition) is 5. The van der Waals surface area contributed by atoms with Crippen LogP contribution in [-0.2, 0) is 6.54 Å². The maximum Gasteiger partial charge on any atom is 0.277 e. The molecule has 26 heavy (non-hydrogen) atoms. The second-order valence-corrected chi connectivity index (χ2v) is 7.96. The van der Waals surface area contributed by atoms with Gasteiger partial charge in [0.25, 0.3) is 5.91 Å². The smallest absolute Gasteiger partial charge is 0.277 e. The highest BCUT2D eigenvalue weighted by atomic mass is 32.1. The topological polar surface area (TPSA) is 62.5 Å². The fourth-order valence-corrected chi connectivity index (χ4v) is 4.21. The van der Waals surface area contributed by atoms with E-state index in [1.807, 2.05) is 34.9 Å². The number of anilines is 1. The first kappa shape index (κ1) is 17.2. The van der Waals surface area contributed by atoms with E-state index in [1.165, 1.54) is 24.2 Å². The highest BCUT2D eigenvalue weighted by molar-refractivity contribution is 7.13. The summed E-state index contributed by atoms with van der Waals surface area (Å²) in [5, 5.41) is 5.54. The van der Waals surface area contributed by atoms with Crippen LogP contribution < -0.4 is 5.32 Å². The fraction of sp³-hybridized carbons (Fsp3) is 0.421. The van der Waals surface area contributed by atoms with E-state index >= 15 is 0 Å². The molecule has 136 valence electrons. The average molecular weight is 369 g/mol. The molecule has 4 heterocycles. The van der Waals surface area contributed by atoms with E-state index < -0.39 is 0 Å². The number of carbonyl (C=O) groups is 1. The van der Waals surface area contributed by atoms with Gasteiger partial charge in [0.15, 0.2) is 5.13 Å². The number of imidazole rings is 1. The lowest BCUT2D eigenvalue weighted by Crippen LogP contribution is -2.33. The van der Waals surface area contributed by atoms with Crippen LogP contribution in [0.5, 0.6) is 0 Å². The molecule has 0 spiro atoms. The van der Waals surface area contributed by atoms with Crippen molar-refractivity contribution >= 4 is 28.0 Å². The van der Waals surface area contributed by atoms with Crippen LogP contribution in [0.25, 0.3) is 5.65 Å². The van der Waals surface area contributed by atoms with Crippen LogP contribution >= 0.6 is 11.3 Å². The van der Waals surface area contributed by atoms with Gasteiger partial charge in [-0.25, -0.2) is 9.97 Å². The van der Waals surface area contributed by atoms with Crippen molar-refractivity contribution in [2.24, 2.45) is 5.92 Å². The number of pyridine rings is 1. The van der Waals surface area contributed by atoms with Gasteiger partial charge in [-0.15, -0.1) is 11.3 Å². The molecule has 0 aromatic carbocycles. The molecule has 1 saturated heterocycles. The Morgan fingerprint density at radius 2 is 2.27 bits per heavy atom. The number of aromatic nitrogens is 3. The Morgan fingerprint density at radius 1 is 1.38 bits per heavy atom. The molecule has 0 aliphatic carbocycles. The normalized spacial score (nSPS) is 18.3. The molecule has 0 bridgehead atoms.